The summed E-state index contributed by atoms with van der Waals surface area (Å²) in [6.45, 7) is 15.3. The van der Waals surface area contributed by atoms with Gasteiger partial charge in [-0.15, -0.1) is 0 Å². The first kappa shape index (κ1) is 21.9. The lowest BCUT2D eigenvalue weighted by Gasteiger charge is -2.69. The molecule has 2 saturated carbocycles. The van der Waals surface area contributed by atoms with Gasteiger partial charge in [-0.3, -0.25) is 4.90 Å². The van der Waals surface area contributed by atoms with E-state index in [1.165, 1.54) is 19.4 Å². The number of benzene rings is 1. The first-order valence-electron chi connectivity index (χ1n) is 11.2. The van der Waals surface area contributed by atoms with Crippen molar-refractivity contribution in [1.82, 2.24) is 9.80 Å². The Morgan fingerprint density at radius 3 is 2.40 bits per heavy atom. The highest BCUT2D eigenvalue weighted by Crippen LogP contribution is 2.67. The third-order valence-electron chi connectivity index (χ3n) is 7.94. The molecule has 2 unspecified atom stereocenters. The number of hydrogen-bond acceptors (Lipinski definition) is 4. The van der Waals surface area contributed by atoms with Crippen molar-refractivity contribution in [2.75, 3.05) is 26.7 Å². The van der Waals surface area contributed by atoms with Crippen LogP contribution < -0.4 is 4.74 Å². The van der Waals surface area contributed by atoms with Crippen molar-refractivity contribution >= 4 is 11.6 Å². The first-order chi connectivity index (χ1) is 14.1. The van der Waals surface area contributed by atoms with Crippen LogP contribution in [0.5, 0.6) is 5.75 Å². The smallest absolute Gasteiger partial charge is 0.121 e. The van der Waals surface area contributed by atoms with Gasteiger partial charge in [0.1, 0.15) is 17.9 Å². The molecular formula is C25H35ClN3O. The monoisotopic (exact) mass is 428 g/mol. The van der Waals surface area contributed by atoms with Crippen LogP contribution in [0.1, 0.15) is 53.0 Å². The largest absolute Gasteiger partial charge is 0.489 e. The Hall–Kier alpha value is -1.28. The van der Waals surface area contributed by atoms with Crippen molar-refractivity contribution in [1.29, 1.82) is 5.26 Å². The van der Waals surface area contributed by atoms with Gasteiger partial charge in [0.2, 0.25) is 0 Å². The van der Waals surface area contributed by atoms with E-state index in [2.05, 4.69) is 57.5 Å². The summed E-state index contributed by atoms with van der Waals surface area (Å²) in [5.74, 6) is 3.04. The minimum atomic E-state index is 0.0632. The van der Waals surface area contributed by atoms with Crippen molar-refractivity contribution < 1.29 is 4.74 Å². The fourth-order valence-electron chi connectivity index (χ4n) is 6.95. The average Bonchev–Trinajstić information content (AvgIpc) is 2.65. The van der Waals surface area contributed by atoms with E-state index in [9.17, 15) is 0 Å². The van der Waals surface area contributed by atoms with Gasteiger partial charge in [-0.1, -0.05) is 39.3 Å². The van der Waals surface area contributed by atoms with Gasteiger partial charge in [0.15, 0.2) is 0 Å². The second kappa shape index (κ2) is 7.69. The Labute approximate surface area is 187 Å². The maximum absolute atomic E-state index is 9.12. The van der Waals surface area contributed by atoms with Crippen LogP contribution in [-0.4, -0.2) is 54.7 Å². The number of nitriles is 1. The predicted molar refractivity (Wildman–Crippen MR) is 122 cm³/mol. The minimum absolute atomic E-state index is 0.0632. The van der Waals surface area contributed by atoms with Crippen LogP contribution in [0.15, 0.2) is 18.2 Å². The number of hydrogen-bond donors (Lipinski definition) is 0. The molecule has 0 amide bonds. The topological polar surface area (TPSA) is 39.5 Å². The molecular weight excluding hydrogens is 394 g/mol. The van der Waals surface area contributed by atoms with Crippen molar-refractivity contribution in [3.63, 3.8) is 0 Å². The van der Waals surface area contributed by atoms with E-state index in [4.69, 9.17) is 21.6 Å². The summed E-state index contributed by atoms with van der Waals surface area (Å²) in [5, 5.41) is 9.58. The molecule has 5 heteroatoms. The second-order valence-electron chi connectivity index (χ2n) is 10.8. The molecule has 2 atom stereocenters. The van der Waals surface area contributed by atoms with Crippen LogP contribution in [0.3, 0.4) is 0 Å². The number of ether oxygens (including phenoxy) is 1. The minimum Gasteiger partial charge on any atom is -0.489 e. The van der Waals surface area contributed by atoms with Gasteiger partial charge in [0, 0.05) is 48.6 Å². The second-order valence-corrected chi connectivity index (χ2v) is 11.2. The Kier molecular flexibility index (Phi) is 5.62. The molecule has 3 aliphatic rings. The summed E-state index contributed by atoms with van der Waals surface area (Å²) in [7, 11) is 2.23. The van der Waals surface area contributed by atoms with Crippen molar-refractivity contribution in [3.05, 3.63) is 34.7 Å². The standard InChI is InChI=1S/C25H35ClN3O/c1-16-15-28(6)11-12-29(16)21-10-9-19(21)22-24(2,3)23(25(22,4)5)30-18-8-7-17(14-27)20(26)13-18/h7-8,13,16,21-23H,9-12,15H2,1-6H3/t16?,21?,22-,23-. The van der Waals surface area contributed by atoms with Gasteiger partial charge in [0.25, 0.3) is 0 Å². The van der Waals surface area contributed by atoms with Gasteiger partial charge in [-0.25, -0.2) is 0 Å². The fourth-order valence-corrected chi connectivity index (χ4v) is 7.16. The van der Waals surface area contributed by atoms with Gasteiger partial charge in [0.05, 0.1) is 10.6 Å². The highest BCUT2D eigenvalue weighted by molar-refractivity contribution is 6.31. The zero-order chi connectivity index (χ0) is 21.8. The predicted octanol–water partition coefficient (Wildman–Crippen LogP) is 5.01. The SMILES string of the molecule is CC1CN(C)CCN1C1CC[C]1[C@H]1C(C)(C)[C@H](Oc2ccc(C#N)c(Cl)c2)C1(C)C. The van der Waals surface area contributed by atoms with Gasteiger partial charge >= 0.3 is 0 Å². The van der Waals surface area contributed by atoms with Gasteiger partial charge in [-0.05, 0) is 50.8 Å². The average molecular weight is 429 g/mol. The first-order valence-corrected chi connectivity index (χ1v) is 11.6. The molecule has 3 fully saturated rings. The van der Waals surface area contributed by atoms with Gasteiger partial charge in [-0.2, -0.15) is 5.26 Å². The molecule has 0 bridgehead atoms. The third-order valence-corrected chi connectivity index (χ3v) is 8.25. The lowest BCUT2D eigenvalue weighted by atomic mass is 9.40. The van der Waals surface area contributed by atoms with Crippen LogP contribution in [-0.2, 0) is 0 Å². The highest BCUT2D eigenvalue weighted by Gasteiger charge is 2.67. The quantitative estimate of drug-likeness (QED) is 0.675. The number of likely N-dealkylation sites (N-methyl/N-ethyl adjacent to an activating group) is 1. The normalized spacial score (nSPS) is 33.9. The lowest BCUT2D eigenvalue weighted by molar-refractivity contribution is -0.203. The fraction of sp³-hybridized carbons (Fsp3) is 0.680. The Morgan fingerprint density at radius 1 is 1.17 bits per heavy atom. The molecule has 0 N–H and O–H groups in total. The molecule has 0 aromatic heterocycles. The molecule has 2 aliphatic carbocycles. The highest BCUT2D eigenvalue weighted by atomic mass is 35.5. The number of nitrogens with zero attached hydrogens (tertiary/aromatic N) is 3. The van der Waals surface area contributed by atoms with E-state index in [0.717, 1.165) is 18.8 Å². The number of rotatable bonds is 4. The summed E-state index contributed by atoms with van der Waals surface area (Å²) in [4.78, 5) is 5.20. The number of halogens is 1. The van der Waals surface area contributed by atoms with Crippen LogP contribution in [0.2, 0.25) is 5.02 Å². The third kappa shape index (κ3) is 3.44. The summed E-state index contributed by atoms with van der Waals surface area (Å²) in [6.07, 6.45) is 2.65. The Morgan fingerprint density at radius 2 is 1.87 bits per heavy atom. The zero-order valence-electron chi connectivity index (χ0n) is 19.2. The van der Waals surface area contributed by atoms with E-state index < -0.39 is 0 Å². The van der Waals surface area contributed by atoms with E-state index in [0.29, 0.717) is 28.6 Å². The molecule has 1 radical (unpaired) electrons. The Balaban J connectivity index is 1.50. The van der Waals surface area contributed by atoms with Crippen LogP contribution in [0.4, 0.5) is 0 Å². The molecule has 4 rings (SSSR count). The van der Waals surface area contributed by atoms with E-state index in [1.54, 1.807) is 18.1 Å². The molecule has 1 aliphatic heterocycles. The van der Waals surface area contributed by atoms with Crippen LogP contribution in [0.25, 0.3) is 0 Å². The van der Waals surface area contributed by atoms with Crippen molar-refractivity contribution in [2.24, 2.45) is 16.7 Å². The van der Waals surface area contributed by atoms with Gasteiger partial charge < -0.3 is 9.64 Å². The summed E-state index contributed by atoms with van der Waals surface area (Å²) in [5.41, 5.74) is 0.615. The van der Waals surface area contributed by atoms with Crippen LogP contribution in [0, 0.1) is 34.0 Å². The molecule has 1 aromatic carbocycles. The maximum Gasteiger partial charge on any atom is 0.121 e. The molecule has 1 aromatic rings. The maximum atomic E-state index is 9.12. The molecule has 163 valence electrons. The van der Waals surface area contributed by atoms with Crippen molar-refractivity contribution in [2.45, 2.75) is 65.6 Å². The zero-order valence-corrected chi connectivity index (χ0v) is 20.0. The summed E-state index contributed by atoms with van der Waals surface area (Å²) >= 11 is 6.24. The van der Waals surface area contributed by atoms with E-state index >= 15 is 0 Å². The summed E-state index contributed by atoms with van der Waals surface area (Å²) < 4.78 is 6.50. The summed E-state index contributed by atoms with van der Waals surface area (Å²) in [6, 6.07) is 8.76. The van der Waals surface area contributed by atoms with Crippen molar-refractivity contribution in [3.8, 4) is 11.8 Å². The molecule has 4 nitrogen and oxygen atoms in total. The number of piperazine rings is 1. The van der Waals surface area contributed by atoms with Crippen LogP contribution >= 0.6 is 11.6 Å². The molecule has 30 heavy (non-hydrogen) atoms. The Bertz CT molecular complexity index is 829. The lowest BCUT2D eigenvalue weighted by Crippen LogP contribution is -2.71. The molecule has 1 heterocycles. The molecule has 0 spiro atoms. The van der Waals surface area contributed by atoms with E-state index in [-0.39, 0.29) is 16.9 Å². The molecule has 1 saturated heterocycles. The van der Waals surface area contributed by atoms with E-state index in [1.807, 2.05) is 6.07 Å².